The zero-order valence-corrected chi connectivity index (χ0v) is 18.1. The number of aromatic nitrogens is 1. The molecule has 33 heavy (non-hydrogen) atoms. The van der Waals surface area contributed by atoms with E-state index in [4.69, 9.17) is 0 Å². The average molecular weight is 420 g/mol. The van der Waals surface area contributed by atoms with Gasteiger partial charge >= 0.3 is 0 Å². The first kappa shape index (κ1) is 18.2. The van der Waals surface area contributed by atoms with Gasteiger partial charge in [-0.05, 0) is 28.3 Å². The topological polar surface area (TPSA) is 4.93 Å². The highest BCUT2D eigenvalue weighted by molar-refractivity contribution is 6.13. The Morgan fingerprint density at radius 2 is 0.939 bits per heavy atom. The number of fused-ring (bicyclic) bond motifs is 5. The minimum atomic E-state index is 1.22. The molecular weight excluding hydrogens is 398 g/mol. The third-order valence-electron chi connectivity index (χ3n) is 6.75. The van der Waals surface area contributed by atoms with Crippen LogP contribution in [0.15, 0.2) is 127 Å². The minimum absolute atomic E-state index is 1.22. The fourth-order valence-corrected chi connectivity index (χ4v) is 5.41. The van der Waals surface area contributed by atoms with Crippen LogP contribution in [0.1, 0.15) is 0 Å². The highest BCUT2D eigenvalue weighted by Gasteiger charge is 2.27. The van der Waals surface area contributed by atoms with Crippen molar-refractivity contribution in [2.24, 2.45) is 0 Å². The molecule has 0 spiro atoms. The predicted molar refractivity (Wildman–Crippen MR) is 139 cm³/mol. The van der Waals surface area contributed by atoms with Crippen molar-refractivity contribution in [3.63, 3.8) is 0 Å². The minimum Gasteiger partial charge on any atom is -0.307 e. The molecule has 0 fully saturated rings. The van der Waals surface area contributed by atoms with Crippen molar-refractivity contribution in [2.75, 3.05) is 0 Å². The normalized spacial score (nSPS) is 11.6. The molecule has 0 radical (unpaired) electrons. The highest BCUT2D eigenvalue weighted by atomic mass is 15.0. The fraction of sp³-hybridized carbons (Fsp3) is 0. The van der Waals surface area contributed by atoms with Gasteiger partial charge in [0.05, 0.1) is 16.9 Å². The van der Waals surface area contributed by atoms with Gasteiger partial charge in [0.15, 0.2) is 0 Å². The molecular formula is C32H21N. The van der Waals surface area contributed by atoms with E-state index in [1.165, 1.54) is 61.2 Å². The van der Waals surface area contributed by atoms with Crippen LogP contribution >= 0.6 is 0 Å². The van der Waals surface area contributed by atoms with Gasteiger partial charge in [-0.15, -0.1) is 0 Å². The molecule has 154 valence electrons. The van der Waals surface area contributed by atoms with Crippen molar-refractivity contribution in [3.05, 3.63) is 127 Å². The average Bonchev–Trinajstić information content (AvgIpc) is 3.19. The van der Waals surface area contributed by atoms with Crippen LogP contribution in [-0.4, -0.2) is 4.57 Å². The summed E-state index contributed by atoms with van der Waals surface area (Å²) < 4.78 is 2.50. The van der Waals surface area contributed by atoms with Gasteiger partial charge in [-0.25, -0.2) is 0 Å². The van der Waals surface area contributed by atoms with Crippen LogP contribution in [0.4, 0.5) is 0 Å². The molecule has 1 heteroatoms. The van der Waals surface area contributed by atoms with Crippen LogP contribution in [0.25, 0.3) is 61.2 Å². The van der Waals surface area contributed by atoms with E-state index in [0.29, 0.717) is 0 Å². The van der Waals surface area contributed by atoms with Crippen molar-refractivity contribution >= 4 is 10.9 Å². The lowest BCUT2D eigenvalue weighted by molar-refractivity contribution is 1.14. The molecule has 1 nitrogen and oxygen atoms in total. The molecule has 0 bridgehead atoms. The number of rotatable bonds is 2. The van der Waals surface area contributed by atoms with Crippen LogP contribution in [0.5, 0.6) is 0 Å². The van der Waals surface area contributed by atoms with Crippen LogP contribution in [0.2, 0.25) is 0 Å². The summed E-state index contributed by atoms with van der Waals surface area (Å²) in [4.78, 5) is 0. The first-order valence-electron chi connectivity index (χ1n) is 11.4. The second-order valence-electron chi connectivity index (χ2n) is 8.56. The molecule has 0 amide bonds. The summed E-state index contributed by atoms with van der Waals surface area (Å²) in [6.07, 6.45) is 0. The van der Waals surface area contributed by atoms with E-state index in [1.54, 1.807) is 0 Å². The summed E-state index contributed by atoms with van der Waals surface area (Å²) in [5.74, 6) is 0. The molecule has 0 unspecified atom stereocenters. The maximum absolute atomic E-state index is 2.50. The SMILES string of the molecule is c1ccc(-c2c(-c3ccccc3)n3c4c(cccc24)-c2ccccc2-c2ccccc2-3)cc1. The van der Waals surface area contributed by atoms with Crippen LogP contribution in [0.3, 0.4) is 0 Å². The Morgan fingerprint density at radius 1 is 0.394 bits per heavy atom. The van der Waals surface area contributed by atoms with E-state index in [1.807, 2.05) is 0 Å². The molecule has 1 aliphatic heterocycles. The van der Waals surface area contributed by atoms with Crippen molar-refractivity contribution in [3.8, 4) is 50.3 Å². The van der Waals surface area contributed by atoms with Crippen molar-refractivity contribution in [1.82, 2.24) is 4.57 Å². The molecule has 7 rings (SSSR count). The summed E-state index contributed by atoms with van der Waals surface area (Å²) in [6.45, 7) is 0. The number of benzene rings is 5. The molecule has 0 atom stereocenters. The van der Waals surface area contributed by atoms with Gasteiger partial charge in [0.25, 0.3) is 0 Å². The Kier molecular flexibility index (Phi) is 3.91. The Balaban J connectivity index is 1.76. The van der Waals surface area contributed by atoms with Gasteiger partial charge < -0.3 is 4.57 Å². The third-order valence-corrected chi connectivity index (χ3v) is 6.75. The van der Waals surface area contributed by atoms with E-state index in [0.717, 1.165) is 0 Å². The first-order valence-corrected chi connectivity index (χ1v) is 11.4. The van der Waals surface area contributed by atoms with E-state index in [9.17, 15) is 0 Å². The first-order chi connectivity index (χ1) is 16.4. The summed E-state index contributed by atoms with van der Waals surface area (Å²) >= 11 is 0. The Morgan fingerprint density at radius 3 is 1.67 bits per heavy atom. The fourth-order valence-electron chi connectivity index (χ4n) is 5.41. The quantitative estimate of drug-likeness (QED) is 0.264. The monoisotopic (exact) mass is 419 g/mol. The van der Waals surface area contributed by atoms with Gasteiger partial charge in [-0.3, -0.25) is 0 Å². The number of hydrogen-bond donors (Lipinski definition) is 0. The maximum Gasteiger partial charge on any atom is 0.0620 e. The number of para-hydroxylation sites is 2. The smallest absolute Gasteiger partial charge is 0.0620 e. The van der Waals surface area contributed by atoms with E-state index in [-0.39, 0.29) is 0 Å². The summed E-state index contributed by atoms with van der Waals surface area (Å²) in [5.41, 5.74) is 12.6. The molecule has 2 heterocycles. The van der Waals surface area contributed by atoms with E-state index >= 15 is 0 Å². The second kappa shape index (κ2) is 7.08. The van der Waals surface area contributed by atoms with Gasteiger partial charge in [-0.1, -0.05) is 121 Å². The zero-order chi connectivity index (χ0) is 21.8. The van der Waals surface area contributed by atoms with Crippen LogP contribution in [0, 0.1) is 0 Å². The summed E-state index contributed by atoms with van der Waals surface area (Å²) in [7, 11) is 0. The Labute approximate surface area is 193 Å². The third kappa shape index (κ3) is 2.60. The highest BCUT2D eigenvalue weighted by Crippen LogP contribution is 2.50. The lowest BCUT2D eigenvalue weighted by atomic mass is 9.92. The molecule has 0 N–H and O–H groups in total. The maximum atomic E-state index is 2.50. The molecule has 5 aromatic carbocycles. The van der Waals surface area contributed by atoms with Crippen LogP contribution in [-0.2, 0) is 0 Å². The standard InChI is InChI=1S/C32H21N/c1-3-12-22(13-4-1)30-28-20-11-19-27-25-17-8-7-16-24(25)26-18-9-10-21-29(26)33(32(27)28)31(30)23-14-5-2-6-15-23/h1-21H. The summed E-state index contributed by atoms with van der Waals surface area (Å²) in [6, 6.07) is 46.0. The van der Waals surface area contributed by atoms with Gasteiger partial charge in [0.2, 0.25) is 0 Å². The molecule has 1 aromatic heterocycles. The zero-order valence-electron chi connectivity index (χ0n) is 18.1. The van der Waals surface area contributed by atoms with Crippen LogP contribution < -0.4 is 0 Å². The van der Waals surface area contributed by atoms with Gasteiger partial charge in [-0.2, -0.15) is 0 Å². The lowest BCUT2D eigenvalue weighted by Gasteiger charge is -2.16. The summed E-state index contributed by atoms with van der Waals surface area (Å²) in [5, 5.41) is 1.28. The van der Waals surface area contributed by atoms with Crippen molar-refractivity contribution < 1.29 is 0 Å². The molecule has 0 saturated carbocycles. The van der Waals surface area contributed by atoms with Gasteiger partial charge in [0.1, 0.15) is 0 Å². The lowest BCUT2D eigenvalue weighted by Crippen LogP contribution is -1.99. The van der Waals surface area contributed by atoms with E-state index < -0.39 is 0 Å². The number of nitrogens with zero attached hydrogens (tertiary/aromatic N) is 1. The number of hydrogen-bond acceptors (Lipinski definition) is 0. The Bertz CT molecular complexity index is 1640. The molecule has 6 aromatic rings. The van der Waals surface area contributed by atoms with Crippen molar-refractivity contribution in [1.29, 1.82) is 0 Å². The van der Waals surface area contributed by atoms with Crippen molar-refractivity contribution in [2.45, 2.75) is 0 Å². The molecule has 1 aliphatic rings. The second-order valence-corrected chi connectivity index (χ2v) is 8.56. The predicted octanol–water partition coefficient (Wildman–Crippen LogP) is 8.61. The van der Waals surface area contributed by atoms with Gasteiger partial charge in [0, 0.05) is 22.1 Å². The molecule has 0 aliphatic carbocycles. The Hall–Kier alpha value is -4.36. The molecule has 0 saturated heterocycles. The van der Waals surface area contributed by atoms with E-state index in [2.05, 4.69) is 132 Å². The largest absolute Gasteiger partial charge is 0.307 e.